The lowest BCUT2D eigenvalue weighted by Crippen LogP contribution is -2.57. The van der Waals surface area contributed by atoms with Crippen molar-refractivity contribution in [2.75, 3.05) is 26.2 Å². The molecule has 2 atom stereocenters. The predicted octanol–water partition coefficient (Wildman–Crippen LogP) is 2.33. The van der Waals surface area contributed by atoms with E-state index in [9.17, 15) is 4.79 Å². The van der Waals surface area contributed by atoms with E-state index in [0.717, 1.165) is 25.8 Å². The Morgan fingerprint density at radius 3 is 2.67 bits per heavy atom. The van der Waals surface area contributed by atoms with E-state index in [2.05, 4.69) is 10.2 Å². The average Bonchev–Trinajstić information content (AvgIpc) is 2.98. The Kier molecular flexibility index (Phi) is 4.85. The van der Waals surface area contributed by atoms with Crippen molar-refractivity contribution in [3.8, 4) is 0 Å². The summed E-state index contributed by atoms with van der Waals surface area (Å²) in [6, 6.07) is 0.557. The number of rotatable bonds is 7. The molecule has 1 heterocycles. The molecule has 0 aromatic heterocycles. The molecule has 2 unspecified atom stereocenters. The molecule has 3 rings (SSSR count). The van der Waals surface area contributed by atoms with Crippen molar-refractivity contribution in [3.63, 3.8) is 0 Å². The monoisotopic (exact) mass is 294 g/mol. The molecule has 2 aliphatic carbocycles. The number of nitrogens with zero attached hydrogens (tertiary/aromatic N) is 1. The Balaban J connectivity index is 1.64. The molecule has 4 heteroatoms. The van der Waals surface area contributed by atoms with Crippen LogP contribution < -0.4 is 5.32 Å². The Morgan fingerprint density at radius 2 is 2.00 bits per heavy atom. The molecule has 0 aromatic carbocycles. The molecule has 1 saturated heterocycles. The fraction of sp³-hybridized carbons (Fsp3) is 0.941. The number of nitrogens with one attached hydrogen (secondary N) is 1. The molecule has 0 spiro atoms. The molecular formula is C17H30N2O2. The highest BCUT2D eigenvalue weighted by Crippen LogP contribution is 2.41. The maximum absolute atomic E-state index is 12.6. The summed E-state index contributed by atoms with van der Waals surface area (Å²) in [4.78, 5) is 15.2. The second-order valence-corrected chi connectivity index (χ2v) is 7.04. The first-order valence-electron chi connectivity index (χ1n) is 8.92. The summed E-state index contributed by atoms with van der Waals surface area (Å²) in [5, 5.41) is 3.68. The quantitative estimate of drug-likeness (QED) is 0.732. The first-order chi connectivity index (χ1) is 10.2. The van der Waals surface area contributed by atoms with Gasteiger partial charge in [0.05, 0.1) is 6.61 Å². The zero-order chi connectivity index (χ0) is 14.7. The molecule has 1 N–H and O–H groups in total. The van der Waals surface area contributed by atoms with Gasteiger partial charge >= 0.3 is 5.97 Å². The Bertz CT molecular complexity index is 364. The molecule has 0 aromatic rings. The largest absolute Gasteiger partial charge is 0.465 e. The number of hydrogen-bond donors (Lipinski definition) is 1. The summed E-state index contributed by atoms with van der Waals surface area (Å²) in [6.07, 6.45) is 9.56. The van der Waals surface area contributed by atoms with Gasteiger partial charge < -0.3 is 9.64 Å². The lowest BCUT2D eigenvalue weighted by molar-refractivity contribution is -0.153. The molecule has 4 nitrogen and oxygen atoms in total. The van der Waals surface area contributed by atoms with E-state index < -0.39 is 0 Å². The van der Waals surface area contributed by atoms with Gasteiger partial charge in [-0.2, -0.15) is 0 Å². The highest BCUT2D eigenvalue weighted by Gasteiger charge is 2.51. The molecule has 120 valence electrons. The molecule has 1 aliphatic heterocycles. The van der Waals surface area contributed by atoms with Crippen LogP contribution in [0.1, 0.15) is 58.3 Å². The maximum Gasteiger partial charge on any atom is 0.326 e. The Hall–Kier alpha value is -0.610. The lowest BCUT2D eigenvalue weighted by Gasteiger charge is -2.35. The van der Waals surface area contributed by atoms with Gasteiger partial charge in [0.1, 0.15) is 5.54 Å². The second-order valence-electron chi connectivity index (χ2n) is 7.04. The third-order valence-electron chi connectivity index (χ3n) is 5.49. The van der Waals surface area contributed by atoms with E-state index in [1.54, 1.807) is 0 Å². The van der Waals surface area contributed by atoms with Gasteiger partial charge in [-0.15, -0.1) is 0 Å². The van der Waals surface area contributed by atoms with Crippen LogP contribution in [0.4, 0.5) is 0 Å². The second kappa shape index (κ2) is 6.66. The van der Waals surface area contributed by atoms with E-state index in [-0.39, 0.29) is 11.5 Å². The first kappa shape index (κ1) is 15.3. The molecular weight excluding hydrogens is 264 g/mol. The predicted molar refractivity (Wildman–Crippen MR) is 83.2 cm³/mol. The molecule has 0 amide bonds. The molecule has 0 radical (unpaired) electrons. The van der Waals surface area contributed by atoms with Crippen LogP contribution in [0.3, 0.4) is 0 Å². The maximum atomic E-state index is 12.6. The number of carbonyl (C=O) groups is 1. The Morgan fingerprint density at radius 1 is 1.24 bits per heavy atom. The van der Waals surface area contributed by atoms with Crippen molar-refractivity contribution in [2.45, 2.75) is 69.9 Å². The fourth-order valence-corrected chi connectivity index (χ4v) is 4.18. The summed E-state index contributed by atoms with van der Waals surface area (Å²) in [7, 11) is 0. The summed E-state index contributed by atoms with van der Waals surface area (Å²) in [5.74, 6) is 0.471. The van der Waals surface area contributed by atoms with Crippen LogP contribution in [0, 0.1) is 5.92 Å². The number of ether oxygens (including phenoxy) is 1. The van der Waals surface area contributed by atoms with Gasteiger partial charge in [-0.25, -0.2) is 0 Å². The minimum Gasteiger partial charge on any atom is -0.465 e. The Labute approximate surface area is 128 Å². The lowest BCUT2D eigenvalue weighted by atomic mass is 9.84. The van der Waals surface area contributed by atoms with Crippen molar-refractivity contribution < 1.29 is 9.53 Å². The normalized spacial score (nSPS) is 33.5. The third kappa shape index (κ3) is 3.42. The highest BCUT2D eigenvalue weighted by atomic mass is 16.5. The highest BCUT2D eigenvalue weighted by molar-refractivity contribution is 5.82. The van der Waals surface area contributed by atoms with Gasteiger partial charge in [-0.05, 0) is 77.4 Å². The van der Waals surface area contributed by atoms with E-state index >= 15 is 0 Å². The smallest absolute Gasteiger partial charge is 0.326 e. The minimum atomic E-state index is -0.378. The molecule has 3 fully saturated rings. The van der Waals surface area contributed by atoms with E-state index in [0.29, 0.717) is 18.6 Å². The molecule has 0 bridgehead atoms. The molecule has 21 heavy (non-hydrogen) atoms. The van der Waals surface area contributed by atoms with Gasteiger partial charge in [0.15, 0.2) is 0 Å². The minimum absolute atomic E-state index is 0.0146. The summed E-state index contributed by atoms with van der Waals surface area (Å²) < 4.78 is 5.44. The van der Waals surface area contributed by atoms with Crippen molar-refractivity contribution >= 4 is 5.97 Å². The van der Waals surface area contributed by atoms with Crippen molar-refractivity contribution in [1.82, 2.24) is 10.2 Å². The van der Waals surface area contributed by atoms with Crippen molar-refractivity contribution in [1.29, 1.82) is 0 Å². The first-order valence-corrected chi connectivity index (χ1v) is 8.92. The van der Waals surface area contributed by atoms with Crippen LogP contribution in [-0.4, -0.2) is 48.7 Å². The number of esters is 1. The standard InChI is InChI=1S/C17H30N2O2/c1-2-21-16(20)17(18-15-7-8-15)10-5-6-14(17)9-13-19-11-3-4-12-19/h14-15,18H,2-13H2,1H3. The van der Waals surface area contributed by atoms with E-state index in [4.69, 9.17) is 4.74 Å². The van der Waals surface area contributed by atoms with Crippen LogP contribution in [0.5, 0.6) is 0 Å². The van der Waals surface area contributed by atoms with Crippen molar-refractivity contribution in [3.05, 3.63) is 0 Å². The zero-order valence-corrected chi connectivity index (χ0v) is 13.4. The van der Waals surface area contributed by atoms with E-state index in [1.165, 1.54) is 45.2 Å². The van der Waals surface area contributed by atoms with Crippen LogP contribution in [0.15, 0.2) is 0 Å². The number of carbonyl (C=O) groups excluding carboxylic acids is 1. The summed E-state index contributed by atoms with van der Waals surface area (Å²) in [6.45, 7) is 6.05. The van der Waals surface area contributed by atoms with Crippen LogP contribution >= 0.6 is 0 Å². The zero-order valence-electron chi connectivity index (χ0n) is 13.4. The van der Waals surface area contributed by atoms with Crippen molar-refractivity contribution in [2.24, 2.45) is 5.92 Å². The van der Waals surface area contributed by atoms with Gasteiger partial charge in [-0.3, -0.25) is 10.1 Å². The van der Waals surface area contributed by atoms with Crippen LogP contribution in [0.25, 0.3) is 0 Å². The third-order valence-corrected chi connectivity index (χ3v) is 5.49. The van der Waals surface area contributed by atoms with Crippen LogP contribution in [0.2, 0.25) is 0 Å². The number of hydrogen-bond acceptors (Lipinski definition) is 4. The van der Waals surface area contributed by atoms with Crippen LogP contribution in [-0.2, 0) is 9.53 Å². The van der Waals surface area contributed by atoms with Gasteiger partial charge in [0.25, 0.3) is 0 Å². The number of likely N-dealkylation sites (tertiary alicyclic amines) is 1. The van der Waals surface area contributed by atoms with Gasteiger partial charge in [0, 0.05) is 6.04 Å². The van der Waals surface area contributed by atoms with Gasteiger partial charge in [0.2, 0.25) is 0 Å². The summed E-state index contributed by atoms with van der Waals surface area (Å²) >= 11 is 0. The summed E-state index contributed by atoms with van der Waals surface area (Å²) in [5.41, 5.74) is -0.378. The fourth-order valence-electron chi connectivity index (χ4n) is 4.18. The molecule has 2 saturated carbocycles. The average molecular weight is 294 g/mol. The SMILES string of the molecule is CCOC(=O)C1(NC2CC2)CCCC1CCN1CCCC1. The van der Waals surface area contributed by atoms with E-state index in [1.807, 2.05) is 6.92 Å². The van der Waals surface area contributed by atoms with Gasteiger partial charge in [-0.1, -0.05) is 6.42 Å². The molecule has 3 aliphatic rings. The topological polar surface area (TPSA) is 41.6 Å².